The van der Waals surface area contributed by atoms with Gasteiger partial charge in [-0.3, -0.25) is 0 Å². The van der Waals surface area contributed by atoms with Crippen molar-refractivity contribution in [1.82, 2.24) is 0 Å². The maximum absolute atomic E-state index is 12.0. The lowest BCUT2D eigenvalue weighted by molar-refractivity contribution is -0.148. The lowest BCUT2D eigenvalue weighted by Crippen LogP contribution is -2.22. The third-order valence-corrected chi connectivity index (χ3v) is 3.34. The Morgan fingerprint density at radius 3 is 2.32 bits per heavy atom. The van der Waals surface area contributed by atoms with Crippen LogP contribution in [0.4, 0.5) is 0 Å². The molecule has 0 atom stereocenters. The smallest absolute Gasteiger partial charge is 0.333 e. The number of fused-ring (bicyclic) bond motifs is 2. The highest BCUT2D eigenvalue weighted by atomic mass is 16.6. The fraction of sp³-hybridized carbons (Fsp3) is 0.222. The molecule has 2 N–H and O–H groups in total. The maximum atomic E-state index is 12.0. The maximum Gasteiger partial charge on any atom is 0.333 e. The number of aliphatic imine (C=N–C) groups is 1. The summed E-state index contributed by atoms with van der Waals surface area (Å²) in [5.41, 5.74) is 7.72. The van der Waals surface area contributed by atoms with E-state index in [-0.39, 0.29) is 0 Å². The third-order valence-electron chi connectivity index (χ3n) is 3.34. The van der Waals surface area contributed by atoms with Gasteiger partial charge < -0.3 is 10.5 Å². The number of rotatable bonds is 1. The number of carbonyl (C=O) groups excluding carboxylic acids is 1. The van der Waals surface area contributed by atoms with E-state index in [1.165, 1.54) is 6.08 Å². The van der Waals surface area contributed by atoms with Crippen LogP contribution in [0.5, 0.6) is 0 Å². The number of hydrogen-bond acceptors (Lipinski definition) is 4. The van der Waals surface area contributed by atoms with E-state index in [1.54, 1.807) is 0 Å². The molecule has 3 rings (SSSR count). The second-order valence-corrected chi connectivity index (χ2v) is 6.31. The number of nitrogens with zero attached hydrogens (tertiary/aromatic N) is 1. The van der Waals surface area contributed by atoms with Crippen molar-refractivity contribution in [2.75, 3.05) is 0 Å². The Morgan fingerprint density at radius 2 is 1.73 bits per heavy atom. The Labute approximate surface area is 129 Å². The van der Waals surface area contributed by atoms with Crippen LogP contribution in [-0.4, -0.2) is 17.4 Å². The van der Waals surface area contributed by atoms with Crippen LogP contribution in [0.3, 0.4) is 0 Å². The van der Waals surface area contributed by atoms with Crippen molar-refractivity contribution in [3.05, 3.63) is 53.6 Å². The van der Waals surface area contributed by atoms with E-state index in [2.05, 4.69) is 4.99 Å². The van der Waals surface area contributed by atoms with E-state index in [9.17, 15) is 4.79 Å². The molecule has 4 nitrogen and oxygen atoms in total. The van der Waals surface area contributed by atoms with Gasteiger partial charge in [0.2, 0.25) is 0 Å². The van der Waals surface area contributed by atoms with Crippen LogP contribution in [-0.2, 0) is 9.53 Å². The normalized spacial score (nSPS) is 15.8. The van der Waals surface area contributed by atoms with Crippen LogP contribution in [0, 0.1) is 0 Å². The molecule has 1 aliphatic rings. The zero-order valence-corrected chi connectivity index (χ0v) is 12.9. The standard InChI is InChI=1S/C18H18N2O2/c1-18(2,3)22-16(21)10-15-13-8-11-6-4-5-7-12(11)9-14(13)17(19)20-15/h4-10H,1-3H3,(H2,19,20)/b15-10-. The Kier molecular flexibility index (Phi) is 3.24. The summed E-state index contributed by atoms with van der Waals surface area (Å²) >= 11 is 0. The summed E-state index contributed by atoms with van der Waals surface area (Å²) in [5, 5.41) is 2.18. The Balaban J connectivity index is 2.04. The van der Waals surface area contributed by atoms with E-state index < -0.39 is 11.6 Å². The van der Waals surface area contributed by atoms with Gasteiger partial charge in [-0.25, -0.2) is 9.79 Å². The van der Waals surface area contributed by atoms with Gasteiger partial charge in [-0.2, -0.15) is 0 Å². The lowest BCUT2D eigenvalue weighted by atomic mass is 10.0. The Hall–Kier alpha value is -2.62. The highest BCUT2D eigenvalue weighted by molar-refractivity contribution is 6.13. The van der Waals surface area contributed by atoms with Crippen LogP contribution in [0.2, 0.25) is 0 Å². The second kappa shape index (κ2) is 4.98. The van der Waals surface area contributed by atoms with Crippen LogP contribution < -0.4 is 5.73 Å². The van der Waals surface area contributed by atoms with Crippen molar-refractivity contribution in [3.63, 3.8) is 0 Å². The monoisotopic (exact) mass is 294 g/mol. The van der Waals surface area contributed by atoms with Crippen molar-refractivity contribution < 1.29 is 9.53 Å². The molecule has 2 aromatic carbocycles. The van der Waals surface area contributed by atoms with Crippen molar-refractivity contribution in [2.24, 2.45) is 10.7 Å². The zero-order valence-electron chi connectivity index (χ0n) is 12.9. The molecule has 1 aliphatic heterocycles. The first-order valence-corrected chi connectivity index (χ1v) is 7.16. The Bertz CT molecular complexity index is 827. The molecule has 0 bridgehead atoms. The van der Waals surface area contributed by atoms with Gasteiger partial charge in [0.15, 0.2) is 0 Å². The van der Waals surface area contributed by atoms with Crippen LogP contribution in [0.1, 0.15) is 31.9 Å². The van der Waals surface area contributed by atoms with Gasteiger partial charge in [-0.05, 0) is 43.7 Å². The summed E-state index contributed by atoms with van der Waals surface area (Å²) in [6.45, 7) is 5.49. The average Bonchev–Trinajstić information content (AvgIpc) is 2.70. The number of carbonyl (C=O) groups is 1. The quantitative estimate of drug-likeness (QED) is 0.648. The number of hydrogen-bond donors (Lipinski definition) is 1. The van der Waals surface area contributed by atoms with Gasteiger partial charge in [0.1, 0.15) is 11.4 Å². The minimum Gasteiger partial charge on any atom is -0.457 e. The predicted molar refractivity (Wildman–Crippen MR) is 88.5 cm³/mol. The summed E-state index contributed by atoms with van der Waals surface area (Å²) in [6, 6.07) is 12.0. The molecule has 112 valence electrons. The second-order valence-electron chi connectivity index (χ2n) is 6.31. The molecule has 0 spiro atoms. The van der Waals surface area contributed by atoms with E-state index in [0.717, 1.165) is 21.9 Å². The predicted octanol–water partition coefficient (Wildman–Crippen LogP) is 3.24. The molecule has 0 amide bonds. The van der Waals surface area contributed by atoms with Gasteiger partial charge in [0, 0.05) is 17.2 Å². The topological polar surface area (TPSA) is 64.7 Å². The summed E-state index contributed by atoms with van der Waals surface area (Å²) < 4.78 is 5.31. The molecule has 22 heavy (non-hydrogen) atoms. The molecule has 1 heterocycles. The van der Waals surface area contributed by atoms with Gasteiger partial charge in [0.05, 0.1) is 5.70 Å². The highest BCUT2D eigenvalue weighted by Crippen LogP contribution is 2.31. The molecule has 4 heteroatoms. The summed E-state index contributed by atoms with van der Waals surface area (Å²) in [7, 11) is 0. The van der Waals surface area contributed by atoms with E-state index in [4.69, 9.17) is 10.5 Å². The zero-order chi connectivity index (χ0) is 15.9. The number of nitrogens with two attached hydrogens (primary N) is 1. The molecule has 2 aromatic rings. The molecular formula is C18H18N2O2. The first-order chi connectivity index (χ1) is 10.3. The van der Waals surface area contributed by atoms with Crippen LogP contribution in [0.15, 0.2) is 47.5 Å². The van der Waals surface area contributed by atoms with E-state index in [0.29, 0.717) is 11.5 Å². The van der Waals surface area contributed by atoms with Gasteiger partial charge in [0.25, 0.3) is 0 Å². The van der Waals surface area contributed by atoms with E-state index >= 15 is 0 Å². The number of benzene rings is 2. The average molecular weight is 294 g/mol. The molecule has 0 aromatic heterocycles. The van der Waals surface area contributed by atoms with Crippen molar-refractivity contribution in [2.45, 2.75) is 26.4 Å². The first kappa shape index (κ1) is 14.3. The van der Waals surface area contributed by atoms with Crippen LogP contribution >= 0.6 is 0 Å². The van der Waals surface area contributed by atoms with Crippen molar-refractivity contribution >= 4 is 28.3 Å². The number of esters is 1. The fourth-order valence-electron chi connectivity index (χ4n) is 2.47. The molecule has 0 saturated carbocycles. The SMILES string of the molecule is CC(C)(C)OC(=O)/C=C1\N=C(N)c2cc3ccccc3cc21. The van der Waals surface area contributed by atoms with Crippen molar-refractivity contribution in [1.29, 1.82) is 0 Å². The molecular weight excluding hydrogens is 276 g/mol. The van der Waals surface area contributed by atoms with Gasteiger partial charge in [-0.15, -0.1) is 0 Å². The number of ether oxygens (including phenoxy) is 1. The molecule has 0 radical (unpaired) electrons. The largest absolute Gasteiger partial charge is 0.457 e. The summed E-state index contributed by atoms with van der Waals surface area (Å²) in [4.78, 5) is 16.3. The summed E-state index contributed by atoms with van der Waals surface area (Å²) in [6.07, 6.45) is 1.40. The van der Waals surface area contributed by atoms with Gasteiger partial charge in [-0.1, -0.05) is 24.3 Å². The van der Waals surface area contributed by atoms with Gasteiger partial charge >= 0.3 is 5.97 Å². The fourth-order valence-corrected chi connectivity index (χ4v) is 2.47. The van der Waals surface area contributed by atoms with Crippen LogP contribution in [0.25, 0.3) is 16.5 Å². The highest BCUT2D eigenvalue weighted by Gasteiger charge is 2.21. The molecule has 0 unspecified atom stereocenters. The Morgan fingerprint density at radius 1 is 1.14 bits per heavy atom. The van der Waals surface area contributed by atoms with E-state index in [1.807, 2.05) is 57.2 Å². The van der Waals surface area contributed by atoms with Crippen molar-refractivity contribution in [3.8, 4) is 0 Å². The summed E-state index contributed by atoms with van der Waals surface area (Å²) in [5.74, 6) is 0.00983. The minimum atomic E-state index is -0.534. The minimum absolute atomic E-state index is 0.417. The third kappa shape index (κ3) is 2.72. The molecule has 0 fully saturated rings. The molecule has 0 aliphatic carbocycles. The lowest BCUT2D eigenvalue weighted by Gasteiger charge is -2.18. The molecule has 0 saturated heterocycles. The number of amidine groups is 1. The first-order valence-electron chi connectivity index (χ1n) is 7.16.